The minimum atomic E-state index is 0.240. The van der Waals surface area contributed by atoms with E-state index in [0.717, 1.165) is 12.2 Å². The maximum Gasteiger partial charge on any atom is 0.119 e. The Labute approximate surface area is 118 Å². The van der Waals surface area contributed by atoms with Gasteiger partial charge in [0.2, 0.25) is 0 Å². The molecule has 0 saturated heterocycles. The van der Waals surface area contributed by atoms with Gasteiger partial charge in [-0.1, -0.05) is 36.6 Å². The van der Waals surface area contributed by atoms with Crippen LogP contribution in [0.25, 0.3) is 0 Å². The number of ether oxygens (including phenoxy) is 1. The number of rotatable bonds is 7. The van der Waals surface area contributed by atoms with Gasteiger partial charge < -0.3 is 4.74 Å². The van der Waals surface area contributed by atoms with Crippen molar-refractivity contribution < 1.29 is 4.74 Å². The van der Waals surface area contributed by atoms with Crippen LogP contribution in [0.4, 0.5) is 0 Å². The van der Waals surface area contributed by atoms with E-state index in [1.807, 2.05) is 0 Å². The van der Waals surface area contributed by atoms with E-state index < -0.39 is 0 Å². The molecule has 106 valence electrons. The molecule has 0 unspecified atom stereocenters. The summed E-state index contributed by atoms with van der Waals surface area (Å²) in [5.41, 5.74) is 4.43. The predicted molar refractivity (Wildman–Crippen MR) is 83.8 cm³/mol. The highest BCUT2D eigenvalue weighted by atomic mass is 16.5. The average Bonchev–Trinajstić information content (AvgIpc) is 2.35. The Morgan fingerprint density at radius 1 is 1.11 bits per heavy atom. The van der Waals surface area contributed by atoms with E-state index in [-0.39, 0.29) is 6.10 Å². The van der Waals surface area contributed by atoms with Crippen molar-refractivity contribution in [2.24, 2.45) is 0 Å². The highest BCUT2D eigenvalue weighted by Gasteiger charge is 2.03. The number of benzene rings is 1. The second-order valence-electron chi connectivity index (χ2n) is 5.69. The molecule has 1 nitrogen and oxygen atoms in total. The number of hydrogen-bond acceptors (Lipinski definition) is 1. The summed E-state index contributed by atoms with van der Waals surface area (Å²) >= 11 is 0. The first kappa shape index (κ1) is 15.8. The van der Waals surface area contributed by atoms with Crippen LogP contribution >= 0.6 is 0 Å². The minimum absolute atomic E-state index is 0.240. The molecule has 0 radical (unpaired) electrons. The normalized spacial score (nSPS) is 10.6. The summed E-state index contributed by atoms with van der Waals surface area (Å²) in [5.74, 6) is 0.964. The highest BCUT2D eigenvalue weighted by molar-refractivity contribution is 5.31. The highest BCUT2D eigenvalue weighted by Crippen LogP contribution is 2.20. The maximum absolute atomic E-state index is 5.67. The molecule has 0 atom stereocenters. The van der Waals surface area contributed by atoms with Crippen molar-refractivity contribution in [1.82, 2.24) is 0 Å². The second kappa shape index (κ2) is 8.04. The lowest BCUT2D eigenvalue weighted by Crippen LogP contribution is -2.05. The molecule has 0 aromatic heterocycles. The molecule has 1 rings (SSSR count). The van der Waals surface area contributed by atoms with Crippen LogP contribution in [0.15, 0.2) is 35.4 Å². The standard InChI is InChI=1S/C18H28O/c1-6-7-8-17(14(2)3)13-16-9-11-18(12-10-16)19-15(4)5/h9-12,15H,6-8,13H2,1-5H3. The first-order valence-corrected chi connectivity index (χ1v) is 7.43. The summed E-state index contributed by atoms with van der Waals surface area (Å²) in [5, 5.41) is 0. The van der Waals surface area contributed by atoms with Gasteiger partial charge in [0.15, 0.2) is 0 Å². The molecular formula is C18H28O. The van der Waals surface area contributed by atoms with Gasteiger partial charge in [-0.25, -0.2) is 0 Å². The van der Waals surface area contributed by atoms with Crippen molar-refractivity contribution in [3.05, 3.63) is 41.0 Å². The van der Waals surface area contributed by atoms with Crippen LogP contribution in [0.5, 0.6) is 5.75 Å². The molecule has 1 aromatic rings. The number of unbranched alkanes of at least 4 members (excludes halogenated alkanes) is 1. The summed E-state index contributed by atoms with van der Waals surface area (Å²) < 4.78 is 5.67. The third-order valence-corrected chi connectivity index (χ3v) is 3.25. The zero-order chi connectivity index (χ0) is 14.3. The summed E-state index contributed by atoms with van der Waals surface area (Å²) in [4.78, 5) is 0. The number of hydrogen-bond donors (Lipinski definition) is 0. The molecule has 0 aliphatic carbocycles. The SMILES string of the molecule is CCCCC(Cc1ccc(OC(C)C)cc1)=C(C)C. The topological polar surface area (TPSA) is 9.23 Å². The van der Waals surface area contributed by atoms with Crippen molar-refractivity contribution in [3.63, 3.8) is 0 Å². The Kier molecular flexibility index (Phi) is 6.69. The average molecular weight is 260 g/mol. The lowest BCUT2D eigenvalue weighted by molar-refractivity contribution is 0.242. The summed E-state index contributed by atoms with van der Waals surface area (Å²) in [7, 11) is 0. The lowest BCUT2D eigenvalue weighted by atomic mass is 9.96. The van der Waals surface area contributed by atoms with E-state index in [4.69, 9.17) is 4.74 Å². The molecule has 0 fully saturated rings. The van der Waals surface area contributed by atoms with Gasteiger partial charge in [-0.3, -0.25) is 0 Å². The van der Waals surface area contributed by atoms with Gasteiger partial charge in [-0.05, 0) is 64.7 Å². The van der Waals surface area contributed by atoms with E-state index >= 15 is 0 Å². The fourth-order valence-electron chi connectivity index (χ4n) is 2.11. The van der Waals surface area contributed by atoms with Crippen molar-refractivity contribution in [2.75, 3.05) is 0 Å². The first-order valence-electron chi connectivity index (χ1n) is 7.43. The van der Waals surface area contributed by atoms with Gasteiger partial charge in [0.1, 0.15) is 5.75 Å². The second-order valence-corrected chi connectivity index (χ2v) is 5.69. The van der Waals surface area contributed by atoms with Crippen LogP contribution in [-0.4, -0.2) is 6.10 Å². The van der Waals surface area contributed by atoms with Crippen molar-refractivity contribution >= 4 is 0 Å². The van der Waals surface area contributed by atoms with Crippen LogP contribution in [0, 0.1) is 0 Å². The Hall–Kier alpha value is -1.24. The predicted octanol–water partition coefficient (Wildman–Crippen LogP) is 5.54. The summed E-state index contributed by atoms with van der Waals surface area (Å²) in [6.45, 7) is 10.8. The Morgan fingerprint density at radius 2 is 1.74 bits per heavy atom. The molecule has 0 amide bonds. The van der Waals surface area contributed by atoms with Gasteiger partial charge in [-0.15, -0.1) is 0 Å². The molecule has 0 aliphatic heterocycles. The molecule has 1 aromatic carbocycles. The third-order valence-electron chi connectivity index (χ3n) is 3.25. The third kappa shape index (κ3) is 5.96. The number of allylic oxidation sites excluding steroid dienone is 2. The Morgan fingerprint density at radius 3 is 2.21 bits per heavy atom. The van der Waals surface area contributed by atoms with Crippen molar-refractivity contribution in [3.8, 4) is 5.75 Å². The van der Waals surface area contributed by atoms with E-state index in [1.165, 1.54) is 30.4 Å². The minimum Gasteiger partial charge on any atom is -0.491 e. The van der Waals surface area contributed by atoms with Crippen LogP contribution in [0.2, 0.25) is 0 Å². The summed E-state index contributed by atoms with van der Waals surface area (Å²) in [6, 6.07) is 8.54. The van der Waals surface area contributed by atoms with Crippen LogP contribution < -0.4 is 4.74 Å². The fourth-order valence-corrected chi connectivity index (χ4v) is 2.11. The molecule has 0 bridgehead atoms. The van der Waals surface area contributed by atoms with E-state index in [1.54, 1.807) is 5.57 Å². The molecule has 0 spiro atoms. The Bertz CT molecular complexity index is 394. The first-order chi connectivity index (χ1) is 9.02. The molecule has 19 heavy (non-hydrogen) atoms. The molecule has 0 saturated carbocycles. The Balaban J connectivity index is 2.67. The zero-order valence-electron chi connectivity index (χ0n) is 13.1. The van der Waals surface area contributed by atoms with Crippen LogP contribution in [0.1, 0.15) is 59.4 Å². The molecule has 0 aliphatic rings. The molecular weight excluding hydrogens is 232 g/mol. The molecule has 1 heteroatoms. The van der Waals surface area contributed by atoms with E-state index in [2.05, 4.69) is 58.9 Å². The maximum atomic E-state index is 5.67. The van der Waals surface area contributed by atoms with Crippen LogP contribution in [0.3, 0.4) is 0 Å². The van der Waals surface area contributed by atoms with Gasteiger partial charge in [0.25, 0.3) is 0 Å². The monoisotopic (exact) mass is 260 g/mol. The van der Waals surface area contributed by atoms with E-state index in [0.29, 0.717) is 0 Å². The van der Waals surface area contributed by atoms with Gasteiger partial charge >= 0.3 is 0 Å². The smallest absolute Gasteiger partial charge is 0.119 e. The lowest BCUT2D eigenvalue weighted by Gasteiger charge is -2.12. The van der Waals surface area contributed by atoms with Gasteiger partial charge in [0, 0.05) is 0 Å². The molecule has 0 heterocycles. The van der Waals surface area contributed by atoms with Crippen molar-refractivity contribution in [1.29, 1.82) is 0 Å². The zero-order valence-corrected chi connectivity index (χ0v) is 13.1. The van der Waals surface area contributed by atoms with Crippen molar-refractivity contribution in [2.45, 2.75) is 66.4 Å². The fraction of sp³-hybridized carbons (Fsp3) is 0.556. The van der Waals surface area contributed by atoms with E-state index in [9.17, 15) is 0 Å². The summed E-state index contributed by atoms with van der Waals surface area (Å²) in [6.07, 6.45) is 5.09. The largest absolute Gasteiger partial charge is 0.491 e. The van der Waals surface area contributed by atoms with Gasteiger partial charge in [0.05, 0.1) is 6.10 Å². The van der Waals surface area contributed by atoms with Crippen LogP contribution in [-0.2, 0) is 6.42 Å². The quantitative estimate of drug-likeness (QED) is 0.585. The van der Waals surface area contributed by atoms with Gasteiger partial charge in [-0.2, -0.15) is 0 Å². The molecule has 0 N–H and O–H groups in total.